The number of anilines is 1. The van der Waals surface area contributed by atoms with E-state index in [2.05, 4.69) is 10.3 Å². The largest absolute Gasteiger partial charge is 0.439 e. The van der Waals surface area contributed by atoms with Crippen molar-refractivity contribution >= 4 is 46.4 Å². The summed E-state index contributed by atoms with van der Waals surface area (Å²) < 4.78 is 5.80. The first-order chi connectivity index (χ1) is 12.8. The van der Waals surface area contributed by atoms with Crippen LogP contribution in [0.1, 0.15) is 21.5 Å². The molecule has 1 aromatic heterocycles. The number of halogens is 3. The number of carbonyl (C=O) groups is 1. The maximum absolute atomic E-state index is 12.5. The number of aryl methyl sites for hydroxylation is 2. The van der Waals surface area contributed by atoms with E-state index in [-0.39, 0.29) is 15.6 Å². The van der Waals surface area contributed by atoms with Crippen LogP contribution in [0.2, 0.25) is 15.1 Å². The van der Waals surface area contributed by atoms with Crippen LogP contribution in [0.25, 0.3) is 0 Å². The summed E-state index contributed by atoms with van der Waals surface area (Å²) in [5.74, 6) is 0.662. The Morgan fingerprint density at radius 2 is 1.70 bits per heavy atom. The lowest BCUT2D eigenvalue weighted by atomic mass is 10.2. The molecule has 0 radical (unpaired) electrons. The van der Waals surface area contributed by atoms with E-state index in [9.17, 15) is 4.79 Å². The summed E-state index contributed by atoms with van der Waals surface area (Å²) in [5, 5.41) is 3.98. The average molecular weight is 422 g/mol. The summed E-state index contributed by atoms with van der Waals surface area (Å²) in [6.45, 7) is 3.74. The molecule has 0 aliphatic carbocycles. The van der Waals surface area contributed by atoms with Crippen LogP contribution in [0.5, 0.6) is 11.6 Å². The molecule has 2 aromatic carbocycles. The number of benzene rings is 2. The molecule has 4 nitrogen and oxygen atoms in total. The highest BCUT2D eigenvalue weighted by molar-refractivity contribution is 6.40. The highest BCUT2D eigenvalue weighted by atomic mass is 35.5. The van der Waals surface area contributed by atoms with Gasteiger partial charge < -0.3 is 10.1 Å². The molecule has 0 aliphatic rings. The van der Waals surface area contributed by atoms with Crippen molar-refractivity contribution in [1.82, 2.24) is 4.98 Å². The molecule has 138 valence electrons. The Morgan fingerprint density at radius 3 is 2.33 bits per heavy atom. The summed E-state index contributed by atoms with van der Waals surface area (Å²) in [4.78, 5) is 16.8. The molecule has 0 fully saturated rings. The standard InChI is InChI=1S/C20H15Cl3N2O2/c1-11-9-18(27-17-7-6-13(21)8-12(17)2)24-10-16(11)25-20(26)19-14(22)4-3-5-15(19)23/h3-10H,1-2H3,(H,25,26). The molecule has 1 N–H and O–H groups in total. The van der Waals surface area contributed by atoms with Gasteiger partial charge in [-0.05, 0) is 55.3 Å². The van der Waals surface area contributed by atoms with Gasteiger partial charge in [-0.15, -0.1) is 0 Å². The number of pyridine rings is 1. The van der Waals surface area contributed by atoms with Crippen molar-refractivity contribution in [2.24, 2.45) is 0 Å². The van der Waals surface area contributed by atoms with E-state index in [0.29, 0.717) is 22.3 Å². The molecule has 7 heteroatoms. The Bertz CT molecular complexity index is 1000. The fraction of sp³-hybridized carbons (Fsp3) is 0.100. The number of rotatable bonds is 4. The third-order valence-corrected chi connectivity index (χ3v) is 4.74. The summed E-state index contributed by atoms with van der Waals surface area (Å²) >= 11 is 18.1. The van der Waals surface area contributed by atoms with Crippen molar-refractivity contribution in [3.8, 4) is 11.6 Å². The summed E-state index contributed by atoms with van der Waals surface area (Å²) in [6, 6.07) is 12.0. The van der Waals surface area contributed by atoms with Crippen LogP contribution < -0.4 is 10.1 Å². The van der Waals surface area contributed by atoms with Gasteiger partial charge in [0.25, 0.3) is 5.91 Å². The molecular weight excluding hydrogens is 407 g/mol. The minimum Gasteiger partial charge on any atom is -0.439 e. The lowest BCUT2D eigenvalue weighted by Gasteiger charge is -2.12. The van der Waals surface area contributed by atoms with E-state index in [1.807, 2.05) is 19.9 Å². The van der Waals surface area contributed by atoms with Crippen molar-refractivity contribution in [2.45, 2.75) is 13.8 Å². The van der Waals surface area contributed by atoms with Crippen LogP contribution in [-0.4, -0.2) is 10.9 Å². The Balaban J connectivity index is 1.80. The number of nitrogens with one attached hydrogen (secondary N) is 1. The topological polar surface area (TPSA) is 51.2 Å². The summed E-state index contributed by atoms with van der Waals surface area (Å²) in [6.07, 6.45) is 1.53. The first-order valence-corrected chi connectivity index (χ1v) is 9.14. The van der Waals surface area contributed by atoms with Crippen molar-refractivity contribution < 1.29 is 9.53 Å². The van der Waals surface area contributed by atoms with Crippen LogP contribution in [0.4, 0.5) is 5.69 Å². The van der Waals surface area contributed by atoms with Crippen LogP contribution in [0.15, 0.2) is 48.7 Å². The molecule has 1 heterocycles. The van der Waals surface area contributed by atoms with E-state index >= 15 is 0 Å². The number of hydrogen-bond donors (Lipinski definition) is 1. The molecule has 0 unspecified atom stereocenters. The lowest BCUT2D eigenvalue weighted by molar-refractivity contribution is 0.102. The fourth-order valence-corrected chi connectivity index (χ4v) is 3.25. The van der Waals surface area contributed by atoms with Gasteiger partial charge in [-0.3, -0.25) is 4.79 Å². The van der Waals surface area contributed by atoms with Crippen molar-refractivity contribution in [3.05, 3.63) is 80.4 Å². The number of amides is 1. The van der Waals surface area contributed by atoms with Crippen molar-refractivity contribution in [3.63, 3.8) is 0 Å². The molecule has 0 saturated heterocycles. The van der Waals surface area contributed by atoms with Crippen LogP contribution in [0.3, 0.4) is 0 Å². The second-order valence-electron chi connectivity index (χ2n) is 5.90. The Morgan fingerprint density at radius 1 is 1.00 bits per heavy atom. The van der Waals surface area contributed by atoms with Gasteiger partial charge in [0.05, 0.1) is 27.5 Å². The normalized spacial score (nSPS) is 10.6. The van der Waals surface area contributed by atoms with Gasteiger partial charge in [0.1, 0.15) is 5.75 Å². The molecule has 0 spiro atoms. The minimum absolute atomic E-state index is 0.220. The van der Waals surface area contributed by atoms with Crippen LogP contribution in [-0.2, 0) is 0 Å². The maximum atomic E-state index is 12.5. The zero-order chi connectivity index (χ0) is 19.6. The minimum atomic E-state index is -0.405. The van der Waals surface area contributed by atoms with Gasteiger partial charge in [-0.25, -0.2) is 4.98 Å². The van der Waals surface area contributed by atoms with Crippen LogP contribution in [0, 0.1) is 13.8 Å². The predicted octanol–water partition coefficient (Wildman–Crippen LogP) is 6.70. The number of carbonyl (C=O) groups excluding carboxylic acids is 1. The predicted molar refractivity (Wildman–Crippen MR) is 110 cm³/mol. The van der Waals surface area contributed by atoms with E-state index in [1.54, 1.807) is 36.4 Å². The SMILES string of the molecule is Cc1cc(Oc2ccc(Cl)cc2C)ncc1NC(=O)c1c(Cl)cccc1Cl. The third kappa shape index (κ3) is 4.53. The fourth-order valence-electron chi connectivity index (χ4n) is 2.46. The Labute approximate surface area is 172 Å². The van der Waals surface area contributed by atoms with E-state index in [1.165, 1.54) is 6.20 Å². The second kappa shape index (κ2) is 8.17. The zero-order valence-corrected chi connectivity index (χ0v) is 16.8. The monoisotopic (exact) mass is 420 g/mol. The van der Waals surface area contributed by atoms with Gasteiger partial charge >= 0.3 is 0 Å². The summed E-state index contributed by atoms with van der Waals surface area (Å²) in [7, 11) is 0. The quantitative estimate of drug-likeness (QED) is 0.509. The van der Waals surface area contributed by atoms with E-state index < -0.39 is 5.91 Å². The first-order valence-electron chi connectivity index (χ1n) is 8.01. The molecule has 1 amide bonds. The molecule has 0 atom stereocenters. The molecule has 27 heavy (non-hydrogen) atoms. The molecular formula is C20H15Cl3N2O2. The lowest BCUT2D eigenvalue weighted by Crippen LogP contribution is -2.14. The highest BCUT2D eigenvalue weighted by Gasteiger charge is 2.16. The zero-order valence-electron chi connectivity index (χ0n) is 14.5. The van der Waals surface area contributed by atoms with Gasteiger partial charge in [-0.1, -0.05) is 40.9 Å². The number of nitrogens with zero attached hydrogens (tertiary/aromatic N) is 1. The third-order valence-electron chi connectivity index (χ3n) is 3.88. The highest BCUT2D eigenvalue weighted by Crippen LogP contribution is 2.29. The molecule has 0 aliphatic heterocycles. The van der Waals surface area contributed by atoms with Crippen molar-refractivity contribution in [2.75, 3.05) is 5.32 Å². The number of ether oxygens (including phenoxy) is 1. The number of hydrogen-bond acceptors (Lipinski definition) is 3. The van der Waals surface area contributed by atoms with Gasteiger partial charge in [0.2, 0.25) is 5.88 Å². The average Bonchev–Trinajstić information content (AvgIpc) is 2.59. The molecule has 0 bridgehead atoms. The molecule has 0 saturated carbocycles. The first kappa shape index (κ1) is 19.5. The van der Waals surface area contributed by atoms with Gasteiger partial charge in [0, 0.05) is 11.1 Å². The smallest absolute Gasteiger partial charge is 0.258 e. The molecule has 3 aromatic rings. The Kier molecular flexibility index (Phi) is 5.90. The molecule has 3 rings (SSSR count). The number of aromatic nitrogens is 1. The Hall–Kier alpha value is -2.27. The van der Waals surface area contributed by atoms with Gasteiger partial charge in [-0.2, -0.15) is 0 Å². The summed E-state index contributed by atoms with van der Waals surface area (Å²) in [5.41, 5.74) is 2.43. The van der Waals surface area contributed by atoms with Gasteiger partial charge in [0.15, 0.2) is 0 Å². The van der Waals surface area contributed by atoms with E-state index in [0.717, 1.165) is 11.1 Å². The van der Waals surface area contributed by atoms with E-state index in [4.69, 9.17) is 39.5 Å². The van der Waals surface area contributed by atoms with Crippen molar-refractivity contribution in [1.29, 1.82) is 0 Å². The maximum Gasteiger partial charge on any atom is 0.258 e. The van der Waals surface area contributed by atoms with Crippen LogP contribution >= 0.6 is 34.8 Å². The second-order valence-corrected chi connectivity index (χ2v) is 7.15.